The molecule has 0 heterocycles. The van der Waals surface area contributed by atoms with Crippen LogP contribution in [0.3, 0.4) is 0 Å². The van der Waals surface area contributed by atoms with E-state index in [1.165, 1.54) is 16.8 Å². The molecule has 1 N–H and O–H groups in total. The first-order chi connectivity index (χ1) is 7.78. The molecule has 16 heavy (non-hydrogen) atoms. The van der Waals surface area contributed by atoms with Gasteiger partial charge in [-0.3, -0.25) is 0 Å². The zero-order valence-corrected chi connectivity index (χ0v) is 9.83. The molecule has 1 heteroatoms. The van der Waals surface area contributed by atoms with Gasteiger partial charge in [0.25, 0.3) is 0 Å². The molecule has 2 aromatic carbocycles. The predicted molar refractivity (Wildman–Crippen MR) is 70.3 cm³/mol. The summed E-state index contributed by atoms with van der Waals surface area (Å²) < 4.78 is 0. The van der Waals surface area contributed by atoms with Gasteiger partial charge in [0.1, 0.15) is 0 Å². The number of anilines is 2. The summed E-state index contributed by atoms with van der Waals surface area (Å²) in [6, 6.07) is 16.9. The molecule has 0 fully saturated rings. The maximum Gasteiger partial charge on any atom is 0.0389 e. The average molecular weight is 211 g/mol. The molecule has 1 nitrogen and oxygen atoms in total. The Labute approximate surface area is 97.1 Å². The Balaban J connectivity index is 2.24. The van der Waals surface area contributed by atoms with E-state index in [1.807, 2.05) is 18.2 Å². The average Bonchev–Trinajstić information content (AvgIpc) is 2.29. The third-order valence-electron chi connectivity index (χ3n) is 2.61. The minimum absolute atomic E-state index is 1.07. The number of hydrogen-bond donors (Lipinski definition) is 1. The summed E-state index contributed by atoms with van der Waals surface area (Å²) in [7, 11) is 0. The second-order valence-corrected chi connectivity index (χ2v) is 4.05. The van der Waals surface area contributed by atoms with Gasteiger partial charge in [-0.15, -0.1) is 0 Å². The summed E-state index contributed by atoms with van der Waals surface area (Å²) in [5.41, 5.74) is 4.98. The molecule has 0 aliphatic carbocycles. The van der Waals surface area contributed by atoms with Gasteiger partial charge in [0, 0.05) is 11.4 Å². The molecule has 0 aromatic heterocycles. The zero-order chi connectivity index (χ0) is 11.4. The highest BCUT2D eigenvalue weighted by Gasteiger charge is 1.97. The molecular formula is C15H17N. The van der Waals surface area contributed by atoms with Crippen LogP contribution < -0.4 is 5.32 Å². The summed E-state index contributed by atoms with van der Waals surface area (Å²) in [6.45, 7) is 4.32. The lowest BCUT2D eigenvalue weighted by Crippen LogP contribution is -1.92. The lowest BCUT2D eigenvalue weighted by Gasteiger charge is -2.09. The van der Waals surface area contributed by atoms with Crippen LogP contribution in [0.2, 0.25) is 0 Å². The minimum atomic E-state index is 1.07. The van der Waals surface area contributed by atoms with E-state index in [0.29, 0.717) is 0 Å². The predicted octanol–water partition coefficient (Wildman–Crippen LogP) is 4.30. The second-order valence-electron chi connectivity index (χ2n) is 4.05. The summed E-state index contributed by atoms with van der Waals surface area (Å²) in [4.78, 5) is 0. The normalized spacial score (nSPS) is 10.1. The first kappa shape index (κ1) is 10.7. The lowest BCUT2D eigenvalue weighted by atomic mass is 10.1. The number of aryl methyl sites for hydroxylation is 2. The van der Waals surface area contributed by atoms with Crippen molar-refractivity contribution < 1.29 is 0 Å². The Morgan fingerprint density at radius 1 is 0.938 bits per heavy atom. The van der Waals surface area contributed by atoms with Gasteiger partial charge in [-0.25, -0.2) is 0 Å². The molecule has 0 saturated heterocycles. The van der Waals surface area contributed by atoms with Crippen LogP contribution >= 0.6 is 0 Å². The van der Waals surface area contributed by atoms with E-state index in [1.54, 1.807) is 0 Å². The lowest BCUT2D eigenvalue weighted by molar-refractivity contribution is 1.13. The zero-order valence-electron chi connectivity index (χ0n) is 9.83. The smallest absolute Gasteiger partial charge is 0.0389 e. The van der Waals surface area contributed by atoms with Crippen LogP contribution in [0.15, 0.2) is 48.5 Å². The van der Waals surface area contributed by atoms with Crippen LogP contribution in [0.5, 0.6) is 0 Å². The standard InChI is InChI=1S/C15H17N/c1-3-13-9-12(2)10-15(11-13)16-14-7-5-4-6-8-14/h4-11,16H,3H2,1-2H3. The molecule has 2 rings (SSSR count). The molecule has 0 atom stereocenters. The summed E-state index contributed by atoms with van der Waals surface area (Å²) >= 11 is 0. The molecule has 0 saturated carbocycles. The first-order valence-corrected chi connectivity index (χ1v) is 5.70. The molecule has 0 amide bonds. The fourth-order valence-electron chi connectivity index (χ4n) is 1.83. The maximum absolute atomic E-state index is 3.42. The van der Waals surface area contributed by atoms with E-state index in [9.17, 15) is 0 Å². The third-order valence-corrected chi connectivity index (χ3v) is 2.61. The Bertz CT molecular complexity index is 460. The molecule has 0 unspecified atom stereocenters. The SMILES string of the molecule is CCc1cc(C)cc(Nc2ccccc2)c1. The third kappa shape index (κ3) is 2.63. The summed E-state index contributed by atoms with van der Waals surface area (Å²) in [5.74, 6) is 0. The highest BCUT2D eigenvalue weighted by Crippen LogP contribution is 2.19. The largest absolute Gasteiger partial charge is 0.356 e. The van der Waals surface area contributed by atoms with E-state index in [-0.39, 0.29) is 0 Å². The molecule has 2 aromatic rings. The molecule has 0 radical (unpaired) electrons. The number of para-hydroxylation sites is 1. The van der Waals surface area contributed by atoms with Crippen molar-refractivity contribution in [2.45, 2.75) is 20.3 Å². The van der Waals surface area contributed by atoms with E-state index >= 15 is 0 Å². The first-order valence-electron chi connectivity index (χ1n) is 5.70. The van der Waals surface area contributed by atoms with Gasteiger partial charge in [-0.1, -0.05) is 31.2 Å². The van der Waals surface area contributed by atoms with Gasteiger partial charge in [-0.05, 0) is 48.7 Å². The highest BCUT2D eigenvalue weighted by molar-refractivity contribution is 5.61. The highest BCUT2D eigenvalue weighted by atomic mass is 14.9. The number of rotatable bonds is 3. The quantitative estimate of drug-likeness (QED) is 0.798. The Morgan fingerprint density at radius 2 is 1.69 bits per heavy atom. The molecular weight excluding hydrogens is 194 g/mol. The summed E-state index contributed by atoms with van der Waals surface area (Å²) in [5, 5.41) is 3.42. The Hall–Kier alpha value is -1.76. The van der Waals surface area contributed by atoms with E-state index in [2.05, 4.69) is 49.5 Å². The number of benzene rings is 2. The molecule has 0 spiro atoms. The van der Waals surface area contributed by atoms with Crippen LogP contribution in [0.4, 0.5) is 11.4 Å². The van der Waals surface area contributed by atoms with E-state index in [0.717, 1.165) is 12.1 Å². The van der Waals surface area contributed by atoms with E-state index in [4.69, 9.17) is 0 Å². The van der Waals surface area contributed by atoms with Crippen molar-refractivity contribution in [1.82, 2.24) is 0 Å². The van der Waals surface area contributed by atoms with Crippen LogP contribution in [0.1, 0.15) is 18.1 Å². The number of nitrogens with one attached hydrogen (secondary N) is 1. The van der Waals surface area contributed by atoms with E-state index < -0.39 is 0 Å². The maximum atomic E-state index is 3.42. The minimum Gasteiger partial charge on any atom is -0.356 e. The van der Waals surface area contributed by atoms with Gasteiger partial charge in [0.2, 0.25) is 0 Å². The monoisotopic (exact) mass is 211 g/mol. The van der Waals surface area contributed by atoms with Gasteiger partial charge >= 0.3 is 0 Å². The fraction of sp³-hybridized carbons (Fsp3) is 0.200. The van der Waals surface area contributed by atoms with Gasteiger partial charge in [0.05, 0.1) is 0 Å². The van der Waals surface area contributed by atoms with Crippen molar-refractivity contribution in [3.63, 3.8) is 0 Å². The fourth-order valence-corrected chi connectivity index (χ4v) is 1.83. The summed E-state index contributed by atoms with van der Waals surface area (Å²) in [6.07, 6.45) is 1.07. The van der Waals surface area contributed by atoms with Crippen LogP contribution in [0.25, 0.3) is 0 Å². The van der Waals surface area contributed by atoms with Crippen molar-refractivity contribution in [3.8, 4) is 0 Å². The molecule has 0 aliphatic heterocycles. The van der Waals surface area contributed by atoms with Gasteiger partial charge in [0.15, 0.2) is 0 Å². The Kier molecular flexibility index (Phi) is 3.25. The van der Waals surface area contributed by atoms with Crippen LogP contribution in [-0.4, -0.2) is 0 Å². The van der Waals surface area contributed by atoms with Crippen LogP contribution in [0, 0.1) is 6.92 Å². The topological polar surface area (TPSA) is 12.0 Å². The van der Waals surface area contributed by atoms with Crippen molar-refractivity contribution in [1.29, 1.82) is 0 Å². The number of hydrogen-bond acceptors (Lipinski definition) is 1. The molecule has 0 bridgehead atoms. The second kappa shape index (κ2) is 4.84. The van der Waals surface area contributed by atoms with Crippen molar-refractivity contribution in [2.24, 2.45) is 0 Å². The van der Waals surface area contributed by atoms with Crippen molar-refractivity contribution >= 4 is 11.4 Å². The van der Waals surface area contributed by atoms with Gasteiger partial charge < -0.3 is 5.32 Å². The van der Waals surface area contributed by atoms with Crippen molar-refractivity contribution in [2.75, 3.05) is 5.32 Å². The molecule has 82 valence electrons. The molecule has 0 aliphatic rings. The van der Waals surface area contributed by atoms with Gasteiger partial charge in [-0.2, -0.15) is 0 Å². The van der Waals surface area contributed by atoms with Crippen LogP contribution in [-0.2, 0) is 6.42 Å². The van der Waals surface area contributed by atoms with Crippen molar-refractivity contribution in [3.05, 3.63) is 59.7 Å². The Morgan fingerprint density at radius 3 is 2.38 bits per heavy atom.